The van der Waals surface area contributed by atoms with Gasteiger partial charge in [-0.1, -0.05) is 24.3 Å². The van der Waals surface area contributed by atoms with Gasteiger partial charge in [-0.15, -0.1) is 0 Å². The van der Waals surface area contributed by atoms with Crippen LogP contribution in [0, 0.1) is 5.92 Å². The number of aromatic nitrogens is 3. The van der Waals surface area contributed by atoms with E-state index in [4.69, 9.17) is 0 Å². The molecule has 0 bridgehead atoms. The van der Waals surface area contributed by atoms with E-state index < -0.39 is 29.8 Å². The van der Waals surface area contributed by atoms with Crippen molar-refractivity contribution in [1.82, 2.24) is 14.5 Å². The Kier molecular flexibility index (Phi) is 3.71. The second-order valence-corrected chi connectivity index (χ2v) is 6.39. The SMILES string of the molecule is O=c1[nH]c2c(c(=O)n1-c1cncc3ccccc13)C[C@H](C(F)(F)F)CC2. The molecule has 1 N–H and O–H groups in total. The molecule has 2 heterocycles. The van der Waals surface area contributed by atoms with Gasteiger partial charge in [0.25, 0.3) is 5.56 Å². The van der Waals surface area contributed by atoms with Crippen molar-refractivity contribution in [2.24, 2.45) is 5.92 Å². The summed E-state index contributed by atoms with van der Waals surface area (Å²) in [5.74, 6) is -1.58. The van der Waals surface area contributed by atoms with E-state index in [0.29, 0.717) is 11.1 Å². The molecular weight excluding hydrogens is 347 g/mol. The molecule has 0 unspecified atom stereocenters. The van der Waals surface area contributed by atoms with Crippen molar-refractivity contribution in [3.05, 3.63) is 68.8 Å². The predicted molar refractivity (Wildman–Crippen MR) is 89.5 cm³/mol. The van der Waals surface area contributed by atoms with E-state index >= 15 is 0 Å². The molecule has 8 heteroatoms. The second kappa shape index (κ2) is 5.82. The number of nitrogens with one attached hydrogen (secondary N) is 1. The molecule has 26 heavy (non-hydrogen) atoms. The third-order valence-electron chi connectivity index (χ3n) is 4.83. The molecule has 5 nitrogen and oxygen atoms in total. The number of hydrogen-bond acceptors (Lipinski definition) is 3. The van der Waals surface area contributed by atoms with Crippen LogP contribution in [0.5, 0.6) is 0 Å². The van der Waals surface area contributed by atoms with Crippen molar-refractivity contribution in [3.8, 4) is 5.69 Å². The molecule has 0 saturated heterocycles. The number of H-pyrrole nitrogens is 1. The van der Waals surface area contributed by atoms with Gasteiger partial charge in [-0.3, -0.25) is 9.78 Å². The van der Waals surface area contributed by atoms with Gasteiger partial charge in [0.1, 0.15) is 0 Å². The van der Waals surface area contributed by atoms with Crippen LogP contribution in [0.1, 0.15) is 17.7 Å². The van der Waals surface area contributed by atoms with Crippen LogP contribution in [0.2, 0.25) is 0 Å². The highest BCUT2D eigenvalue weighted by Gasteiger charge is 2.42. The van der Waals surface area contributed by atoms with Crippen LogP contribution >= 0.6 is 0 Å². The lowest BCUT2D eigenvalue weighted by molar-refractivity contribution is -0.177. The Bertz CT molecular complexity index is 1110. The van der Waals surface area contributed by atoms with Crippen molar-refractivity contribution in [1.29, 1.82) is 0 Å². The van der Waals surface area contributed by atoms with Gasteiger partial charge in [-0.05, 0) is 19.3 Å². The highest BCUT2D eigenvalue weighted by molar-refractivity contribution is 5.89. The number of halogens is 3. The largest absolute Gasteiger partial charge is 0.392 e. The Balaban J connectivity index is 1.94. The molecule has 0 saturated carbocycles. The number of fused-ring (bicyclic) bond motifs is 2. The predicted octanol–water partition coefficient (Wildman–Crippen LogP) is 2.74. The Morgan fingerprint density at radius 3 is 2.69 bits per heavy atom. The average molecular weight is 361 g/mol. The summed E-state index contributed by atoms with van der Waals surface area (Å²) in [6, 6.07) is 7.06. The summed E-state index contributed by atoms with van der Waals surface area (Å²) >= 11 is 0. The molecule has 1 aliphatic rings. The van der Waals surface area contributed by atoms with E-state index in [1.807, 2.05) is 0 Å². The van der Waals surface area contributed by atoms with Gasteiger partial charge in [0, 0.05) is 28.2 Å². The minimum Gasteiger partial charge on any atom is -0.310 e. The summed E-state index contributed by atoms with van der Waals surface area (Å²) in [7, 11) is 0. The first-order valence-electron chi connectivity index (χ1n) is 8.13. The van der Waals surface area contributed by atoms with Crippen molar-refractivity contribution < 1.29 is 13.2 Å². The summed E-state index contributed by atoms with van der Waals surface area (Å²) in [6.07, 6.45) is -1.94. The lowest BCUT2D eigenvalue weighted by Crippen LogP contribution is -2.41. The fourth-order valence-electron chi connectivity index (χ4n) is 3.48. The van der Waals surface area contributed by atoms with Crippen molar-refractivity contribution >= 4 is 10.8 Å². The number of pyridine rings is 1. The number of rotatable bonds is 1. The van der Waals surface area contributed by atoms with Gasteiger partial charge in [0.15, 0.2) is 0 Å². The normalized spacial score (nSPS) is 17.3. The van der Waals surface area contributed by atoms with Gasteiger partial charge in [0.05, 0.1) is 17.8 Å². The average Bonchev–Trinajstić information content (AvgIpc) is 2.61. The lowest BCUT2D eigenvalue weighted by atomic mass is 9.86. The molecule has 0 spiro atoms. The lowest BCUT2D eigenvalue weighted by Gasteiger charge is -2.26. The molecule has 134 valence electrons. The summed E-state index contributed by atoms with van der Waals surface area (Å²) < 4.78 is 40.1. The van der Waals surface area contributed by atoms with Crippen LogP contribution in [0.15, 0.2) is 46.2 Å². The summed E-state index contributed by atoms with van der Waals surface area (Å²) in [5.41, 5.74) is -0.810. The van der Waals surface area contributed by atoms with Crippen LogP contribution in [0.25, 0.3) is 16.5 Å². The summed E-state index contributed by atoms with van der Waals surface area (Å²) in [5, 5.41) is 1.35. The monoisotopic (exact) mass is 361 g/mol. The van der Waals surface area contributed by atoms with Gasteiger partial charge < -0.3 is 4.98 Å². The number of nitrogens with zero attached hydrogens (tertiary/aromatic N) is 2. The van der Waals surface area contributed by atoms with E-state index in [1.165, 1.54) is 6.20 Å². The summed E-state index contributed by atoms with van der Waals surface area (Å²) in [6.45, 7) is 0. The molecule has 0 radical (unpaired) electrons. The first-order chi connectivity index (χ1) is 12.4. The zero-order valence-electron chi connectivity index (χ0n) is 13.5. The minimum atomic E-state index is -4.37. The van der Waals surface area contributed by atoms with Crippen LogP contribution in [-0.4, -0.2) is 20.7 Å². The van der Waals surface area contributed by atoms with Crippen molar-refractivity contribution in [3.63, 3.8) is 0 Å². The van der Waals surface area contributed by atoms with Gasteiger partial charge in [-0.25, -0.2) is 9.36 Å². The molecule has 1 aromatic carbocycles. The minimum absolute atomic E-state index is 0.0195. The Labute approximate surface area is 145 Å². The molecule has 0 aliphatic heterocycles. The van der Waals surface area contributed by atoms with Gasteiger partial charge >= 0.3 is 11.9 Å². The molecule has 1 atom stereocenters. The highest BCUT2D eigenvalue weighted by atomic mass is 19.4. The van der Waals surface area contributed by atoms with E-state index in [1.54, 1.807) is 30.5 Å². The number of aryl methyl sites for hydroxylation is 1. The van der Waals surface area contributed by atoms with Gasteiger partial charge in [-0.2, -0.15) is 13.2 Å². The third kappa shape index (κ3) is 2.61. The standard InChI is InChI=1S/C18H14F3N3O2/c19-18(20,21)11-5-6-14-13(7-11)16(25)24(17(26)23-14)15-9-22-8-10-3-1-2-4-12(10)15/h1-4,8-9,11H,5-7H2,(H,23,26)/t11-/m1/s1. The number of benzene rings is 1. The zero-order chi connectivity index (χ0) is 18.5. The maximum atomic E-state index is 13.1. The maximum absolute atomic E-state index is 13.1. The van der Waals surface area contributed by atoms with E-state index in [2.05, 4.69) is 9.97 Å². The first kappa shape index (κ1) is 16.6. The van der Waals surface area contributed by atoms with Crippen LogP contribution < -0.4 is 11.2 Å². The topological polar surface area (TPSA) is 67.8 Å². The molecule has 4 rings (SSSR count). The van der Waals surface area contributed by atoms with E-state index in [9.17, 15) is 22.8 Å². The fourth-order valence-corrected chi connectivity index (χ4v) is 3.48. The van der Waals surface area contributed by atoms with Crippen molar-refractivity contribution in [2.75, 3.05) is 0 Å². The first-order valence-corrected chi connectivity index (χ1v) is 8.13. The molecule has 0 fully saturated rings. The molecule has 2 aromatic heterocycles. The number of aromatic amines is 1. The third-order valence-corrected chi connectivity index (χ3v) is 4.83. The smallest absolute Gasteiger partial charge is 0.310 e. The van der Waals surface area contributed by atoms with Crippen LogP contribution in [-0.2, 0) is 12.8 Å². The molecule has 3 aromatic rings. The quantitative estimate of drug-likeness (QED) is 0.725. The molecule has 0 amide bonds. The van der Waals surface area contributed by atoms with Crippen LogP contribution in [0.3, 0.4) is 0 Å². The Morgan fingerprint density at radius 1 is 1.15 bits per heavy atom. The number of hydrogen-bond donors (Lipinski definition) is 1. The van der Waals surface area contributed by atoms with Crippen LogP contribution in [0.4, 0.5) is 13.2 Å². The number of alkyl halides is 3. The van der Waals surface area contributed by atoms with E-state index in [-0.39, 0.29) is 24.1 Å². The maximum Gasteiger partial charge on any atom is 0.392 e. The van der Waals surface area contributed by atoms with E-state index in [0.717, 1.165) is 9.95 Å². The molecule has 1 aliphatic carbocycles. The highest BCUT2D eigenvalue weighted by Crippen LogP contribution is 2.35. The zero-order valence-corrected chi connectivity index (χ0v) is 13.5. The summed E-state index contributed by atoms with van der Waals surface area (Å²) in [4.78, 5) is 32.0. The fraction of sp³-hybridized carbons (Fsp3) is 0.278. The second-order valence-electron chi connectivity index (χ2n) is 6.39. The molecular formula is C18H14F3N3O2. The van der Waals surface area contributed by atoms with Crippen molar-refractivity contribution in [2.45, 2.75) is 25.4 Å². The Morgan fingerprint density at radius 2 is 1.92 bits per heavy atom. The Hall–Kier alpha value is -2.90. The van der Waals surface area contributed by atoms with Gasteiger partial charge in [0.2, 0.25) is 0 Å².